The second-order valence-corrected chi connectivity index (χ2v) is 8.69. The summed E-state index contributed by atoms with van der Waals surface area (Å²) in [5.41, 5.74) is 1.10. The first-order valence-electron chi connectivity index (χ1n) is 12.0. The van der Waals surface area contributed by atoms with Crippen LogP contribution in [0.2, 0.25) is 0 Å². The molecule has 3 aromatic rings. The van der Waals surface area contributed by atoms with Crippen LogP contribution in [-0.4, -0.2) is 72.8 Å². The number of nitrogens with zero attached hydrogens (tertiary/aromatic N) is 2. The van der Waals surface area contributed by atoms with Crippen molar-refractivity contribution in [3.05, 3.63) is 90.5 Å². The number of benzene rings is 3. The number of hydrogen-bond donors (Lipinski definition) is 2. The van der Waals surface area contributed by atoms with Crippen molar-refractivity contribution < 1.29 is 19.4 Å². The SMILES string of the molecule is O=C(CN1CCN(C[C@@H](O)COc2ccc(Oc3ccccc3)cc2)CC1)NCc1ccccc1. The number of nitrogens with one attached hydrogen (secondary N) is 1. The number of carbonyl (C=O) groups is 1. The largest absolute Gasteiger partial charge is 0.491 e. The van der Waals surface area contributed by atoms with E-state index in [0.717, 1.165) is 43.2 Å². The number of amides is 1. The third kappa shape index (κ3) is 8.40. The van der Waals surface area contributed by atoms with Crippen molar-refractivity contribution >= 4 is 5.91 Å². The lowest BCUT2D eigenvalue weighted by Crippen LogP contribution is -2.51. The summed E-state index contributed by atoms with van der Waals surface area (Å²) in [7, 11) is 0. The van der Waals surface area contributed by atoms with Gasteiger partial charge in [-0.3, -0.25) is 14.6 Å². The van der Waals surface area contributed by atoms with Crippen molar-refractivity contribution in [2.24, 2.45) is 0 Å². The number of aliphatic hydroxyl groups is 1. The molecule has 1 aliphatic rings. The van der Waals surface area contributed by atoms with Gasteiger partial charge in [-0.25, -0.2) is 0 Å². The first-order chi connectivity index (χ1) is 17.1. The van der Waals surface area contributed by atoms with Gasteiger partial charge in [0.15, 0.2) is 0 Å². The minimum absolute atomic E-state index is 0.0379. The number of rotatable bonds is 11. The van der Waals surface area contributed by atoms with Gasteiger partial charge in [0, 0.05) is 39.3 Å². The van der Waals surface area contributed by atoms with E-state index in [-0.39, 0.29) is 12.5 Å². The number of para-hydroxylation sites is 1. The molecule has 7 nitrogen and oxygen atoms in total. The van der Waals surface area contributed by atoms with Crippen LogP contribution in [0.4, 0.5) is 0 Å². The van der Waals surface area contributed by atoms with Gasteiger partial charge in [0.1, 0.15) is 30.0 Å². The van der Waals surface area contributed by atoms with Crippen LogP contribution in [0, 0.1) is 0 Å². The Morgan fingerprint density at radius 1 is 0.800 bits per heavy atom. The molecule has 0 aliphatic carbocycles. The Balaban J connectivity index is 1.10. The van der Waals surface area contributed by atoms with Crippen molar-refractivity contribution in [2.75, 3.05) is 45.9 Å². The summed E-state index contributed by atoms with van der Waals surface area (Å²) in [6.45, 7) is 4.95. The lowest BCUT2D eigenvalue weighted by Gasteiger charge is -2.35. The minimum atomic E-state index is -0.587. The van der Waals surface area contributed by atoms with Gasteiger partial charge in [0.05, 0.1) is 6.54 Å². The van der Waals surface area contributed by atoms with E-state index in [2.05, 4.69) is 15.1 Å². The maximum absolute atomic E-state index is 12.2. The predicted octanol–water partition coefficient (Wildman–Crippen LogP) is 3.15. The van der Waals surface area contributed by atoms with Gasteiger partial charge >= 0.3 is 0 Å². The molecule has 184 valence electrons. The van der Waals surface area contributed by atoms with Crippen LogP contribution in [0.1, 0.15) is 5.56 Å². The molecule has 0 spiro atoms. The molecule has 4 rings (SSSR count). The fraction of sp³-hybridized carbons (Fsp3) is 0.321. The highest BCUT2D eigenvalue weighted by molar-refractivity contribution is 5.78. The second kappa shape index (κ2) is 12.9. The van der Waals surface area contributed by atoms with Crippen LogP contribution in [0.5, 0.6) is 17.2 Å². The first kappa shape index (κ1) is 24.7. The summed E-state index contributed by atoms with van der Waals surface area (Å²) in [4.78, 5) is 16.6. The molecule has 1 atom stereocenters. The summed E-state index contributed by atoms with van der Waals surface area (Å²) in [5, 5.41) is 13.4. The Bertz CT molecular complexity index is 1020. The van der Waals surface area contributed by atoms with E-state index < -0.39 is 6.10 Å². The van der Waals surface area contributed by atoms with Gasteiger partial charge < -0.3 is 19.9 Å². The lowest BCUT2D eigenvalue weighted by atomic mass is 10.2. The molecule has 0 unspecified atom stereocenters. The molecule has 0 bridgehead atoms. The fourth-order valence-electron chi connectivity index (χ4n) is 3.96. The van der Waals surface area contributed by atoms with E-state index in [4.69, 9.17) is 9.47 Å². The first-order valence-corrected chi connectivity index (χ1v) is 12.0. The van der Waals surface area contributed by atoms with Crippen molar-refractivity contribution in [3.8, 4) is 17.2 Å². The average molecular weight is 476 g/mol. The van der Waals surface area contributed by atoms with E-state index in [1.807, 2.05) is 84.9 Å². The van der Waals surface area contributed by atoms with Crippen molar-refractivity contribution in [3.63, 3.8) is 0 Å². The highest BCUT2D eigenvalue weighted by Crippen LogP contribution is 2.23. The third-order valence-corrected chi connectivity index (χ3v) is 5.88. The Morgan fingerprint density at radius 3 is 2.06 bits per heavy atom. The molecule has 35 heavy (non-hydrogen) atoms. The molecular weight excluding hydrogens is 442 g/mol. The van der Waals surface area contributed by atoms with Gasteiger partial charge in [-0.15, -0.1) is 0 Å². The lowest BCUT2D eigenvalue weighted by molar-refractivity contribution is -0.122. The molecule has 1 heterocycles. The molecule has 1 saturated heterocycles. The van der Waals surface area contributed by atoms with Crippen LogP contribution in [-0.2, 0) is 11.3 Å². The molecule has 1 amide bonds. The number of β-amino-alcohol motifs (C(OH)–C–C–N with tert-alkyl or cyclic N) is 1. The highest BCUT2D eigenvalue weighted by atomic mass is 16.5. The van der Waals surface area contributed by atoms with Crippen molar-refractivity contribution in [1.82, 2.24) is 15.1 Å². The third-order valence-electron chi connectivity index (χ3n) is 5.88. The van der Waals surface area contributed by atoms with E-state index in [1.54, 1.807) is 0 Å². The predicted molar refractivity (Wildman–Crippen MR) is 136 cm³/mol. The maximum Gasteiger partial charge on any atom is 0.234 e. The standard InChI is InChI=1S/C28H33N3O4/c32-24(22-34-25-11-13-27(14-12-25)35-26-9-5-2-6-10-26)20-30-15-17-31(18-16-30)21-28(33)29-19-23-7-3-1-4-8-23/h1-14,24,32H,15-22H2,(H,29,33)/t24-/m1/s1. The Kier molecular flexibility index (Phi) is 9.11. The van der Waals surface area contributed by atoms with E-state index in [9.17, 15) is 9.90 Å². The topological polar surface area (TPSA) is 74.3 Å². The summed E-state index contributed by atoms with van der Waals surface area (Å²) in [5.74, 6) is 2.24. The summed E-state index contributed by atoms with van der Waals surface area (Å²) < 4.78 is 11.5. The van der Waals surface area contributed by atoms with Crippen molar-refractivity contribution in [1.29, 1.82) is 0 Å². The molecule has 0 saturated carbocycles. The quantitative estimate of drug-likeness (QED) is 0.444. The van der Waals surface area contributed by atoms with E-state index in [1.165, 1.54) is 0 Å². The van der Waals surface area contributed by atoms with Gasteiger partial charge in [-0.2, -0.15) is 0 Å². The van der Waals surface area contributed by atoms with Crippen LogP contribution in [0.25, 0.3) is 0 Å². The molecule has 7 heteroatoms. The highest BCUT2D eigenvalue weighted by Gasteiger charge is 2.21. The monoisotopic (exact) mass is 475 g/mol. The summed E-state index contributed by atoms with van der Waals surface area (Å²) >= 11 is 0. The molecule has 0 aromatic heterocycles. The average Bonchev–Trinajstić information content (AvgIpc) is 2.89. The molecular formula is C28H33N3O4. The van der Waals surface area contributed by atoms with Gasteiger partial charge in [0.2, 0.25) is 5.91 Å². The molecule has 1 fully saturated rings. The Hall–Kier alpha value is -3.39. The number of hydrogen-bond acceptors (Lipinski definition) is 6. The fourth-order valence-corrected chi connectivity index (χ4v) is 3.96. The Morgan fingerprint density at radius 2 is 1.37 bits per heavy atom. The Labute approximate surface area is 206 Å². The zero-order valence-electron chi connectivity index (χ0n) is 19.9. The number of ether oxygens (including phenoxy) is 2. The summed E-state index contributed by atoms with van der Waals surface area (Å²) in [6.07, 6.45) is -0.587. The normalized spacial score (nSPS) is 15.3. The van der Waals surface area contributed by atoms with Crippen LogP contribution in [0.3, 0.4) is 0 Å². The van der Waals surface area contributed by atoms with Gasteiger partial charge in [0.25, 0.3) is 0 Å². The summed E-state index contributed by atoms with van der Waals surface area (Å²) in [6, 6.07) is 26.9. The molecule has 1 aliphatic heterocycles. The van der Waals surface area contributed by atoms with Crippen LogP contribution < -0.4 is 14.8 Å². The number of carbonyl (C=O) groups excluding carboxylic acids is 1. The van der Waals surface area contributed by atoms with Gasteiger partial charge in [-0.05, 0) is 42.0 Å². The molecule has 2 N–H and O–H groups in total. The number of piperazine rings is 1. The van der Waals surface area contributed by atoms with Crippen molar-refractivity contribution in [2.45, 2.75) is 12.6 Å². The molecule has 0 radical (unpaired) electrons. The second-order valence-electron chi connectivity index (χ2n) is 8.69. The van der Waals surface area contributed by atoms with Crippen LogP contribution >= 0.6 is 0 Å². The zero-order chi connectivity index (χ0) is 24.3. The zero-order valence-corrected chi connectivity index (χ0v) is 19.9. The molecule has 3 aromatic carbocycles. The minimum Gasteiger partial charge on any atom is -0.491 e. The van der Waals surface area contributed by atoms with Gasteiger partial charge in [-0.1, -0.05) is 48.5 Å². The number of aliphatic hydroxyl groups excluding tert-OH is 1. The van der Waals surface area contributed by atoms with E-state index in [0.29, 0.717) is 25.4 Å². The maximum atomic E-state index is 12.2. The smallest absolute Gasteiger partial charge is 0.234 e. The van der Waals surface area contributed by atoms with Crippen LogP contribution in [0.15, 0.2) is 84.9 Å². The van der Waals surface area contributed by atoms with E-state index >= 15 is 0 Å².